The molecule has 0 aromatic heterocycles. The summed E-state index contributed by atoms with van der Waals surface area (Å²) in [6, 6.07) is 19.6. The topological polar surface area (TPSA) is 38.0 Å². The molecule has 2 unspecified atom stereocenters. The second kappa shape index (κ2) is 5.55. The van der Waals surface area contributed by atoms with Crippen molar-refractivity contribution in [1.29, 1.82) is 0 Å². The average molecular weight is 252 g/mol. The summed E-state index contributed by atoms with van der Waals surface area (Å²) >= 11 is 0. The van der Waals surface area contributed by atoms with Gasteiger partial charge in [0, 0.05) is 12.1 Å². The van der Waals surface area contributed by atoms with Gasteiger partial charge in [-0.3, -0.25) is 0 Å². The zero-order valence-corrected chi connectivity index (χ0v) is 11.0. The smallest absolute Gasteiger partial charge is 0.0450 e. The van der Waals surface area contributed by atoms with E-state index in [-0.39, 0.29) is 6.04 Å². The van der Waals surface area contributed by atoms with Gasteiger partial charge >= 0.3 is 0 Å². The van der Waals surface area contributed by atoms with Crippen LogP contribution in [0.4, 0.5) is 0 Å². The molecule has 0 spiro atoms. The highest BCUT2D eigenvalue weighted by molar-refractivity contribution is 5.63. The molecule has 2 aromatic rings. The maximum Gasteiger partial charge on any atom is 0.0450 e. The van der Waals surface area contributed by atoms with Crippen LogP contribution in [-0.4, -0.2) is 12.6 Å². The zero-order chi connectivity index (χ0) is 13.1. The van der Waals surface area contributed by atoms with Crippen molar-refractivity contribution in [2.75, 3.05) is 6.54 Å². The van der Waals surface area contributed by atoms with E-state index in [0.717, 1.165) is 6.54 Å². The highest BCUT2D eigenvalue weighted by Gasteiger charge is 2.22. The molecule has 1 saturated heterocycles. The fraction of sp³-hybridized carbons (Fsp3) is 0.294. The Kier molecular flexibility index (Phi) is 3.62. The minimum Gasteiger partial charge on any atom is -0.323 e. The van der Waals surface area contributed by atoms with E-state index in [2.05, 4.69) is 53.8 Å². The molecule has 0 aliphatic carbocycles. The summed E-state index contributed by atoms with van der Waals surface area (Å²) in [4.78, 5) is 0. The molecule has 2 atom stereocenters. The molecule has 2 aromatic carbocycles. The standard InChI is InChI=1S/C17H20N2/c18-17(16-7-4-12-19-16)15-10-8-14(9-11-15)13-5-2-1-3-6-13/h1-3,5-6,8-11,16-17,19H,4,7,12,18H2. The van der Waals surface area contributed by atoms with Gasteiger partial charge in [-0.1, -0.05) is 54.6 Å². The van der Waals surface area contributed by atoms with E-state index in [4.69, 9.17) is 5.73 Å². The predicted molar refractivity (Wildman–Crippen MR) is 79.8 cm³/mol. The molecule has 0 bridgehead atoms. The quantitative estimate of drug-likeness (QED) is 0.881. The first-order chi connectivity index (χ1) is 9.34. The molecule has 0 radical (unpaired) electrons. The molecular formula is C17H20N2. The molecule has 1 aliphatic heterocycles. The first-order valence-electron chi connectivity index (χ1n) is 6.99. The third-order valence-corrected chi connectivity index (χ3v) is 3.93. The van der Waals surface area contributed by atoms with E-state index in [0.29, 0.717) is 6.04 Å². The van der Waals surface area contributed by atoms with Gasteiger partial charge in [0.05, 0.1) is 0 Å². The molecule has 19 heavy (non-hydrogen) atoms. The van der Waals surface area contributed by atoms with Gasteiger partial charge < -0.3 is 11.1 Å². The summed E-state index contributed by atoms with van der Waals surface area (Å²) in [5, 5.41) is 3.48. The fourth-order valence-corrected chi connectivity index (χ4v) is 2.78. The third-order valence-electron chi connectivity index (χ3n) is 3.93. The monoisotopic (exact) mass is 252 g/mol. The van der Waals surface area contributed by atoms with Gasteiger partial charge in [0.2, 0.25) is 0 Å². The van der Waals surface area contributed by atoms with Crippen LogP contribution in [0.2, 0.25) is 0 Å². The van der Waals surface area contributed by atoms with Crippen LogP contribution in [0.15, 0.2) is 54.6 Å². The molecule has 98 valence electrons. The maximum atomic E-state index is 6.33. The van der Waals surface area contributed by atoms with Gasteiger partial charge in [-0.25, -0.2) is 0 Å². The molecule has 1 heterocycles. The minimum absolute atomic E-state index is 0.104. The largest absolute Gasteiger partial charge is 0.323 e. The highest BCUT2D eigenvalue weighted by Crippen LogP contribution is 2.24. The maximum absolute atomic E-state index is 6.33. The Hall–Kier alpha value is -1.64. The number of hydrogen-bond acceptors (Lipinski definition) is 2. The van der Waals surface area contributed by atoms with E-state index >= 15 is 0 Å². The predicted octanol–water partition coefficient (Wildman–Crippen LogP) is 3.11. The second-order valence-electron chi connectivity index (χ2n) is 5.22. The zero-order valence-electron chi connectivity index (χ0n) is 11.0. The molecule has 2 nitrogen and oxygen atoms in total. The van der Waals surface area contributed by atoms with Crippen LogP contribution in [0.1, 0.15) is 24.4 Å². The molecule has 3 rings (SSSR count). The van der Waals surface area contributed by atoms with Gasteiger partial charge in [0.15, 0.2) is 0 Å². The van der Waals surface area contributed by atoms with Gasteiger partial charge in [-0.2, -0.15) is 0 Å². The Bertz CT molecular complexity index is 513. The van der Waals surface area contributed by atoms with Crippen LogP contribution in [0, 0.1) is 0 Å². The molecule has 1 fully saturated rings. The summed E-state index contributed by atoms with van der Waals surface area (Å²) in [5.41, 5.74) is 10.0. The van der Waals surface area contributed by atoms with E-state index < -0.39 is 0 Å². The van der Waals surface area contributed by atoms with E-state index in [9.17, 15) is 0 Å². The van der Waals surface area contributed by atoms with E-state index in [1.165, 1.54) is 29.5 Å². The summed E-state index contributed by atoms with van der Waals surface area (Å²) in [7, 11) is 0. The Morgan fingerprint density at radius 1 is 0.947 bits per heavy atom. The normalized spacial score (nSPS) is 20.4. The van der Waals surface area contributed by atoms with Crippen molar-refractivity contribution < 1.29 is 0 Å². The fourth-order valence-electron chi connectivity index (χ4n) is 2.78. The molecular weight excluding hydrogens is 232 g/mol. The SMILES string of the molecule is NC(c1ccc(-c2ccccc2)cc1)C1CCCN1. The first kappa shape index (κ1) is 12.4. The van der Waals surface area contributed by atoms with Gasteiger partial charge in [0.1, 0.15) is 0 Å². The van der Waals surface area contributed by atoms with Crippen molar-refractivity contribution in [1.82, 2.24) is 5.32 Å². The Labute approximate surface area is 114 Å². The minimum atomic E-state index is 0.104. The average Bonchev–Trinajstić information content (AvgIpc) is 3.02. The van der Waals surface area contributed by atoms with Crippen LogP contribution in [0.25, 0.3) is 11.1 Å². The number of rotatable bonds is 3. The van der Waals surface area contributed by atoms with Crippen molar-refractivity contribution in [3.63, 3.8) is 0 Å². The molecule has 0 saturated carbocycles. The lowest BCUT2D eigenvalue weighted by molar-refractivity contribution is 0.501. The van der Waals surface area contributed by atoms with Crippen LogP contribution in [-0.2, 0) is 0 Å². The lowest BCUT2D eigenvalue weighted by Crippen LogP contribution is -2.34. The number of nitrogens with one attached hydrogen (secondary N) is 1. The number of nitrogens with two attached hydrogens (primary N) is 1. The lowest BCUT2D eigenvalue weighted by atomic mass is 9.96. The molecule has 1 aliphatic rings. The Balaban J connectivity index is 1.79. The van der Waals surface area contributed by atoms with Crippen LogP contribution in [0.3, 0.4) is 0 Å². The second-order valence-corrected chi connectivity index (χ2v) is 5.22. The lowest BCUT2D eigenvalue weighted by Gasteiger charge is -2.20. The summed E-state index contributed by atoms with van der Waals surface area (Å²) < 4.78 is 0. The molecule has 0 amide bonds. The van der Waals surface area contributed by atoms with Crippen LogP contribution in [0.5, 0.6) is 0 Å². The number of hydrogen-bond donors (Lipinski definition) is 2. The third kappa shape index (κ3) is 2.70. The van der Waals surface area contributed by atoms with Crippen molar-refractivity contribution in [2.24, 2.45) is 5.73 Å². The van der Waals surface area contributed by atoms with Crippen molar-refractivity contribution in [3.8, 4) is 11.1 Å². The summed E-state index contributed by atoms with van der Waals surface area (Å²) in [5.74, 6) is 0. The van der Waals surface area contributed by atoms with Gasteiger partial charge in [-0.15, -0.1) is 0 Å². The van der Waals surface area contributed by atoms with Crippen molar-refractivity contribution in [2.45, 2.75) is 24.9 Å². The summed E-state index contributed by atoms with van der Waals surface area (Å²) in [6.45, 7) is 1.10. The van der Waals surface area contributed by atoms with Gasteiger partial charge in [-0.05, 0) is 36.1 Å². The number of benzene rings is 2. The Morgan fingerprint density at radius 3 is 2.26 bits per heavy atom. The molecule has 3 N–H and O–H groups in total. The van der Waals surface area contributed by atoms with Crippen LogP contribution >= 0.6 is 0 Å². The first-order valence-corrected chi connectivity index (χ1v) is 6.99. The summed E-state index contributed by atoms with van der Waals surface area (Å²) in [6.07, 6.45) is 2.42. The van der Waals surface area contributed by atoms with Crippen molar-refractivity contribution >= 4 is 0 Å². The van der Waals surface area contributed by atoms with E-state index in [1.807, 2.05) is 6.07 Å². The van der Waals surface area contributed by atoms with Crippen LogP contribution < -0.4 is 11.1 Å². The Morgan fingerprint density at radius 2 is 1.63 bits per heavy atom. The van der Waals surface area contributed by atoms with E-state index in [1.54, 1.807) is 0 Å². The highest BCUT2D eigenvalue weighted by atomic mass is 15.0. The molecule has 2 heteroatoms. The van der Waals surface area contributed by atoms with Crippen molar-refractivity contribution in [3.05, 3.63) is 60.2 Å². The van der Waals surface area contributed by atoms with Gasteiger partial charge in [0.25, 0.3) is 0 Å².